The van der Waals surface area contributed by atoms with Gasteiger partial charge in [-0.05, 0) is 43.4 Å². The Kier molecular flexibility index (Phi) is 3.43. The van der Waals surface area contributed by atoms with Crippen molar-refractivity contribution in [2.45, 2.75) is 32.2 Å². The first kappa shape index (κ1) is 11.7. The molecule has 1 fully saturated rings. The van der Waals surface area contributed by atoms with E-state index in [2.05, 4.69) is 12.2 Å². The second-order valence-electron chi connectivity index (χ2n) is 4.78. The number of rotatable bonds is 2. The fraction of sp³-hybridized carbons (Fsp3) is 0.429. The average Bonchev–Trinajstić information content (AvgIpc) is 2.75. The number of carbonyl (C=O) groups is 1. The van der Waals surface area contributed by atoms with Gasteiger partial charge in [-0.3, -0.25) is 4.79 Å². The number of carbonyl (C=O) groups excluding carboxylic acids is 1. The first-order valence-electron chi connectivity index (χ1n) is 6.00. The molecule has 17 heavy (non-hydrogen) atoms. The van der Waals surface area contributed by atoms with E-state index in [0.29, 0.717) is 23.1 Å². The quantitative estimate of drug-likeness (QED) is 0.845. The van der Waals surface area contributed by atoms with Gasteiger partial charge in [0.2, 0.25) is 0 Å². The van der Waals surface area contributed by atoms with Gasteiger partial charge in [0.1, 0.15) is 0 Å². The molecule has 0 aromatic heterocycles. The summed E-state index contributed by atoms with van der Waals surface area (Å²) in [6.45, 7) is 2.21. The van der Waals surface area contributed by atoms with Gasteiger partial charge >= 0.3 is 0 Å². The highest BCUT2D eigenvalue weighted by atomic mass is 16.1. The Bertz CT molecular complexity index is 462. The number of nitriles is 1. The maximum atomic E-state index is 12.0. The predicted molar refractivity (Wildman–Crippen MR) is 65.4 cm³/mol. The first-order chi connectivity index (χ1) is 8.19. The van der Waals surface area contributed by atoms with E-state index in [-0.39, 0.29) is 5.91 Å². The van der Waals surface area contributed by atoms with Gasteiger partial charge in [0.15, 0.2) is 0 Å². The molecule has 1 aliphatic carbocycles. The Morgan fingerprint density at radius 1 is 1.47 bits per heavy atom. The zero-order chi connectivity index (χ0) is 12.3. The molecule has 1 saturated carbocycles. The van der Waals surface area contributed by atoms with Crippen molar-refractivity contribution < 1.29 is 4.79 Å². The average molecular weight is 228 g/mol. The van der Waals surface area contributed by atoms with E-state index in [1.807, 2.05) is 6.07 Å². The van der Waals surface area contributed by atoms with Crippen molar-refractivity contribution in [1.29, 1.82) is 5.26 Å². The van der Waals surface area contributed by atoms with Crippen molar-refractivity contribution >= 4 is 5.91 Å². The number of nitrogens with zero attached hydrogens (tertiary/aromatic N) is 1. The Balaban J connectivity index is 2.02. The van der Waals surface area contributed by atoms with Crippen LogP contribution in [0.15, 0.2) is 24.3 Å². The van der Waals surface area contributed by atoms with E-state index in [1.165, 1.54) is 6.42 Å². The van der Waals surface area contributed by atoms with Crippen LogP contribution in [0.3, 0.4) is 0 Å². The normalized spacial score (nSPS) is 23.1. The fourth-order valence-corrected chi connectivity index (χ4v) is 2.34. The summed E-state index contributed by atoms with van der Waals surface area (Å²) < 4.78 is 0. The van der Waals surface area contributed by atoms with Crippen molar-refractivity contribution in [2.24, 2.45) is 5.92 Å². The van der Waals surface area contributed by atoms with Crippen LogP contribution in [-0.2, 0) is 0 Å². The summed E-state index contributed by atoms with van der Waals surface area (Å²) >= 11 is 0. The van der Waals surface area contributed by atoms with Gasteiger partial charge < -0.3 is 5.32 Å². The minimum atomic E-state index is -0.0683. The van der Waals surface area contributed by atoms with Crippen molar-refractivity contribution in [3.63, 3.8) is 0 Å². The topological polar surface area (TPSA) is 52.9 Å². The summed E-state index contributed by atoms with van der Waals surface area (Å²) in [5, 5.41) is 11.8. The third-order valence-corrected chi connectivity index (χ3v) is 3.28. The highest BCUT2D eigenvalue weighted by Crippen LogP contribution is 2.24. The molecule has 88 valence electrons. The molecular weight excluding hydrogens is 212 g/mol. The molecule has 1 aromatic rings. The number of benzene rings is 1. The molecule has 2 rings (SSSR count). The lowest BCUT2D eigenvalue weighted by atomic mass is 10.1. The van der Waals surface area contributed by atoms with Gasteiger partial charge in [-0.2, -0.15) is 5.26 Å². The zero-order valence-corrected chi connectivity index (χ0v) is 9.94. The molecule has 0 aliphatic heterocycles. The van der Waals surface area contributed by atoms with Crippen LogP contribution in [0.1, 0.15) is 42.1 Å². The van der Waals surface area contributed by atoms with Gasteiger partial charge in [0, 0.05) is 11.6 Å². The molecule has 0 spiro atoms. The Morgan fingerprint density at radius 2 is 2.29 bits per heavy atom. The number of amides is 1. The van der Waals surface area contributed by atoms with E-state index in [9.17, 15) is 4.79 Å². The molecule has 0 bridgehead atoms. The van der Waals surface area contributed by atoms with E-state index in [4.69, 9.17) is 5.26 Å². The molecule has 1 aromatic carbocycles. The molecule has 2 atom stereocenters. The lowest BCUT2D eigenvalue weighted by Crippen LogP contribution is -2.32. The number of hydrogen-bond acceptors (Lipinski definition) is 2. The highest BCUT2D eigenvalue weighted by molar-refractivity contribution is 5.94. The van der Waals surface area contributed by atoms with E-state index < -0.39 is 0 Å². The van der Waals surface area contributed by atoms with Crippen molar-refractivity contribution in [3.05, 3.63) is 35.4 Å². The summed E-state index contributed by atoms with van der Waals surface area (Å²) in [4.78, 5) is 12.0. The van der Waals surface area contributed by atoms with Crippen LogP contribution >= 0.6 is 0 Å². The molecule has 1 aliphatic rings. The molecule has 0 saturated heterocycles. The zero-order valence-electron chi connectivity index (χ0n) is 9.94. The highest BCUT2D eigenvalue weighted by Gasteiger charge is 2.23. The lowest BCUT2D eigenvalue weighted by Gasteiger charge is -2.12. The van der Waals surface area contributed by atoms with Crippen LogP contribution in [-0.4, -0.2) is 11.9 Å². The summed E-state index contributed by atoms with van der Waals surface area (Å²) in [5.41, 5.74) is 1.10. The summed E-state index contributed by atoms with van der Waals surface area (Å²) in [6.07, 6.45) is 3.30. The monoisotopic (exact) mass is 228 g/mol. The largest absolute Gasteiger partial charge is 0.349 e. The minimum absolute atomic E-state index is 0.0683. The maximum Gasteiger partial charge on any atom is 0.251 e. The van der Waals surface area contributed by atoms with Crippen LogP contribution in [0.2, 0.25) is 0 Å². The number of nitrogens with one attached hydrogen (secondary N) is 1. The second kappa shape index (κ2) is 5.01. The van der Waals surface area contributed by atoms with Crippen molar-refractivity contribution in [3.8, 4) is 6.07 Å². The van der Waals surface area contributed by atoms with Crippen LogP contribution in [0.25, 0.3) is 0 Å². The van der Waals surface area contributed by atoms with Crippen LogP contribution in [0.5, 0.6) is 0 Å². The van der Waals surface area contributed by atoms with E-state index in [0.717, 1.165) is 12.8 Å². The van der Waals surface area contributed by atoms with Gasteiger partial charge in [-0.15, -0.1) is 0 Å². The first-order valence-corrected chi connectivity index (χ1v) is 6.00. The third-order valence-electron chi connectivity index (χ3n) is 3.28. The fourth-order valence-electron chi connectivity index (χ4n) is 2.34. The molecule has 3 nitrogen and oxygen atoms in total. The van der Waals surface area contributed by atoms with Gasteiger partial charge in [0.05, 0.1) is 11.6 Å². The van der Waals surface area contributed by atoms with Gasteiger partial charge in [-0.1, -0.05) is 13.0 Å². The second-order valence-corrected chi connectivity index (χ2v) is 4.78. The molecule has 0 heterocycles. The van der Waals surface area contributed by atoms with Crippen molar-refractivity contribution in [1.82, 2.24) is 5.32 Å². The molecule has 1 N–H and O–H groups in total. The summed E-state index contributed by atoms with van der Waals surface area (Å²) in [6, 6.07) is 9.16. The van der Waals surface area contributed by atoms with Gasteiger partial charge in [0.25, 0.3) is 5.91 Å². The Labute approximate surface area is 101 Å². The maximum absolute atomic E-state index is 12.0. The molecule has 1 amide bonds. The van der Waals surface area contributed by atoms with E-state index in [1.54, 1.807) is 24.3 Å². The van der Waals surface area contributed by atoms with Crippen LogP contribution < -0.4 is 5.32 Å². The summed E-state index contributed by atoms with van der Waals surface area (Å²) in [7, 11) is 0. The predicted octanol–water partition coefficient (Wildman–Crippen LogP) is 2.48. The third kappa shape index (κ3) is 2.85. The smallest absolute Gasteiger partial charge is 0.251 e. The lowest BCUT2D eigenvalue weighted by molar-refractivity contribution is 0.0937. The molecular formula is C14H16N2O. The minimum Gasteiger partial charge on any atom is -0.349 e. The van der Waals surface area contributed by atoms with E-state index >= 15 is 0 Å². The van der Waals surface area contributed by atoms with Crippen LogP contribution in [0.4, 0.5) is 0 Å². The van der Waals surface area contributed by atoms with Crippen LogP contribution in [0, 0.1) is 17.2 Å². The Hall–Kier alpha value is -1.82. The molecule has 2 unspecified atom stereocenters. The standard InChI is InChI=1S/C14H16N2O/c1-10-5-6-13(7-10)16-14(17)12-4-2-3-11(8-12)9-15/h2-4,8,10,13H,5-7H2,1H3,(H,16,17). The van der Waals surface area contributed by atoms with Crippen molar-refractivity contribution in [2.75, 3.05) is 0 Å². The Morgan fingerprint density at radius 3 is 2.94 bits per heavy atom. The van der Waals surface area contributed by atoms with Gasteiger partial charge in [-0.25, -0.2) is 0 Å². The SMILES string of the molecule is CC1CCC(NC(=O)c2cccc(C#N)c2)C1. The summed E-state index contributed by atoms with van der Waals surface area (Å²) in [5.74, 6) is 0.631. The molecule has 3 heteroatoms. The number of hydrogen-bond donors (Lipinski definition) is 1. The molecule has 0 radical (unpaired) electrons.